The third kappa shape index (κ3) is 5.70. The van der Waals surface area contributed by atoms with Crippen LogP contribution in [0.3, 0.4) is 0 Å². The van der Waals surface area contributed by atoms with Crippen LogP contribution in [0.1, 0.15) is 21.1 Å². The van der Waals surface area contributed by atoms with Gasteiger partial charge in [0.1, 0.15) is 23.2 Å². The number of carbonyl (C=O) groups is 2. The molecule has 0 saturated carbocycles. The number of halogens is 4. The van der Waals surface area contributed by atoms with Gasteiger partial charge in [0.2, 0.25) is 11.9 Å². The number of carbonyl (C=O) groups excluding carboxylic acids is 2. The molecular weight excluding hydrogens is 512 g/mol. The molecule has 0 radical (unpaired) electrons. The Morgan fingerprint density at radius 2 is 1.50 bits per heavy atom. The quantitative estimate of drug-likeness (QED) is 0.117. The number of furan rings is 2. The van der Waals surface area contributed by atoms with Gasteiger partial charge in [-0.2, -0.15) is 4.99 Å². The lowest BCUT2D eigenvalue weighted by atomic mass is 10.1. The molecule has 194 valence electrons. The molecule has 0 atom stereocenters. The predicted octanol–water partition coefficient (Wildman–Crippen LogP) is 3.68. The van der Waals surface area contributed by atoms with Crippen LogP contribution in [0, 0.1) is 28.7 Å². The van der Waals surface area contributed by atoms with Gasteiger partial charge in [-0.3, -0.25) is 31.2 Å². The highest BCUT2D eigenvalue weighted by Gasteiger charge is 2.18. The van der Waals surface area contributed by atoms with Crippen molar-refractivity contribution in [3.8, 4) is 22.6 Å². The van der Waals surface area contributed by atoms with Gasteiger partial charge < -0.3 is 14.6 Å². The van der Waals surface area contributed by atoms with Crippen LogP contribution in [0.5, 0.6) is 0 Å². The molecule has 0 saturated heterocycles. The predicted molar refractivity (Wildman–Crippen MR) is 126 cm³/mol. The van der Waals surface area contributed by atoms with Crippen molar-refractivity contribution >= 4 is 23.7 Å². The van der Waals surface area contributed by atoms with E-state index in [0.717, 1.165) is 24.3 Å². The lowest BCUT2D eigenvalue weighted by molar-refractivity contribution is 0.0946. The average Bonchev–Trinajstić information content (AvgIpc) is 3.56. The Hall–Kier alpha value is -5.40. The van der Waals surface area contributed by atoms with Gasteiger partial charge in [-0.1, -0.05) is 6.07 Å². The summed E-state index contributed by atoms with van der Waals surface area (Å²) in [7, 11) is 0. The SMILES string of the molecule is N=C(NNC(N)=NC(=O)c1ccc(-c2cc(F)ccc2F)o1)NC(=O)c1ccc(-c2cccc(F)c2F)o1. The van der Waals surface area contributed by atoms with Gasteiger partial charge in [0.05, 0.1) is 11.1 Å². The monoisotopic (exact) mass is 528 g/mol. The number of guanidine groups is 2. The number of rotatable bonds is 4. The highest BCUT2D eigenvalue weighted by Crippen LogP contribution is 2.27. The normalized spacial score (nSPS) is 11.2. The minimum absolute atomic E-state index is 0.110. The van der Waals surface area contributed by atoms with Gasteiger partial charge in [0, 0.05) is 0 Å². The fraction of sp³-hybridized carbons (Fsp3) is 0. The Morgan fingerprint density at radius 1 is 0.816 bits per heavy atom. The summed E-state index contributed by atoms with van der Waals surface area (Å²) in [6.45, 7) is 0. The number of nitrogens with one attached hydrogen (secondary N) is 4. The van der Waals surface area contributed by atoms with E-state index in [9.17, 15) is 27.2 Å². The molecule has 0 fully saturated rings. The van der Waals surface area contributed by atoms with E-state index >= 15 is 0 Å². The third-order valence-corrected chi connectivity index (χ3v) is 4.83. The summed E-state index contributed by atoms with van der Waals surface area (Å²) in [5, 5.41) is 9.83. The molecule has 6 N–H and O–H groups in total. The largest absolute Gasteiger partial charge is 0.451 e. The number of hydrazine groups is 1. The average molecular weight is 528 g/mol. The van der Waals surface area contributed by atoms with Crippen molar-refractivity contribution in [2.45, 2.75) is 0 Å². The molecule has 2 amide bonds. The van der Waals surface area contributed by atoms with Gasteiger partial charge in [0.15, 0.2) is 23.2 Å². The fourth-order valence-corrected chi connectivity index (χ4v) is 3.11. The van der Waals surface area contributed by atoms with Crippen LogP contribution in [-0.4, -0.2) is 23.7 Å². The molecule has 2 aromatic carbocycles. The van der Waals surface area contributed by atoms with E-state index in [2.05, 4.69) is 21.2 Å². The lowest BCUT2D eigenvalue weighted by Gasteiger charge is -2.09. The number of aliphatic imine (C=N–C) groups is 1. The molecule has 4 aromatic rings. The summed E-state index contributed by atoms with van der Waals surface area (Å²) in [5.41, 5.74) is 9.52. The first-order valence-electron chi connectivity index (χ1n) is 10.5. The minimum Gasteiger partial charge on any atom is -0.451 e. The van der Waals surface area contributed by atoms with E-state index in [-0.39, 0.29) is 34.2 Å². The molecule has 4 rings (SSSR count). The molecule has 2 heterocycles. The summed E-state index contributed by atoms with van der Waals surface area (Å²) in [5.74, 6) is -7.65. The first kappa shape index (κ1) is 25.7. The van der Waals surface area contributed by atoms with Crippen molar-refractivity contribution in [2.75, 3.05) is 0 Å². The highest BCUT2D eigenvalue weighted by atomic mass is 19.2. The van der Waals surface area contributed by atoms with E-state index in [1.54, 1.807) is 0 Å². The second-order valence-electron chi connectivity index (χ2n) is 7.43. The highest BCUT2D eigenvalue weighted by molar-refractivity contribution is 6.04. The third-order valence-electron chi connectivity index (χ3n) is 4.83. The maximum Gasteiger partial charge on any atom is 0.315 e. The topological polar surface area (TPSA) is 159 Å². The Balaban J connectivity index is 1.32. The zero-order valence-corrected chi connectivity index (χ0v) is 18.9. The number of amides is 2. The summed E-state index contributed by atoms with van der Waals surface area (Å²) in [6, 6.07) is 11.1. The Bertz CT molecular complexity index is 1580. The van der Waals surface area contributed by atoms with Gasteiger partial charge >= 0.3 is 5.91 Å². The number of benzene rings is 2. The van der Waals surface area contributed by atoms with E-state index in [4.69, 9.17) is 20.0 Å². The van der Waals surface area contributed by atoms with E-state index in [0.29, 0.717) is 0 Å². The van der Waals surface area contributed by atoms with Crippen molar-refractivity contribution in [3.63, 3.8) is 0 Å². The van der Waals surface area contributed by atoms with Crippen LogP contribution in [0.4, 0.5) is 17.6 Å². The van der Waals surface area contributed by atoms with Crippen LogP contribution in [0.15, 0.2) is 74.5 Å². The summed E-state index contributed by atoms with van der Waals surface area (Å²) in [4.78, 5) is 28.0. The van der Waals surface area contributed by atoms with Crippen molar-refractivity contribution < 1.29 is 36.0 Å². The summed E-state index contributed by atoms with van der Waals surface area (Å²) in [6.07, 6.45) is 0. The molecule has 0 unspecified atom stereocenters. The fourth-order valence-electron chi connectivity index (χ4n) is 3.11. The van der Waals surface area contributed by atoms with Crippen LogP contribution in [0.2, 0.25) is 0 Å². The summed E-state index contributed by atoms with van der Waals surface area (Å²) < 4.78 is 65.1. The maximum absolute atomic E-state index is 13.9. The van der Waals surface area contributed by atoms with Crippen LogP contribution >= 0.6 is 0 Å². The molecule has 0 aliphatic carbocycles. The number of nitrogens with two attached hydrogens (primary N) is 1. The molecular formula is C24H16F4N6O4. The Kier molecular flexibility index (Phi) is 7.23. The standard InChI is InChI=1S/C24H16F4N6O4/c25-11-4-5-14(26)13(10-11)17-7-9-19(38-17)22(36)32-24(30)34-33-23(29)31-21(35)18-8-6-16(37-18)12-2-1-3-15(27)20(12)28/h1-10H,(H3,29,31,33,35)(H3,30,32,34,36). The minimum atomic E-state index is -1.15. The van der Waals surface area contributed by atoms with Gasteiger partial charge in [-0.15, -0.1) is 0 Å². The molecule has 2 aromatic heterocycles. The van der Waals surface area contributed by atoms with E-state index in [1.807, 2.05) is 0 Å². The first-order chi connectivity index (χ1) is 18.1. The molecule has 38 heavy (non-hydrogen) atoms. The smallest absolute Gasteiger partial charge is 0.315 e. The maximum atomic E-state index is 13.9. The van der Waals surface area contributed by atoms with Crippen LogP contribution in [0.25, 0.3) is 22.6 Å². The molecule has 10 nitrogen and oxygen atoms in total. The Morgan fingerprint density at radius 3 is 2.26 bits per heavy atom. The van der Waals surface area contributed by atoms with E-state index in [1.165, 1.54) is 36.4 Å². The van der Waals surface area contributed by atoms with Crippen molar-refractivity contribution in [2.24, 2.45) is 10.7 Å². The van der Waals surface area contributed by atoms with Crippen molar-refractivity contribution in [3.05, 3.63) is 95.5 Å². The first-order valence-corrected chi connectivity index (χ1v) is 10.5. The lowest BCUT2D eigenvalue weighted by Crippen LogP contribution is -2.51. The van der Waals surface area contributed by atoms with Crippen LogP contribution < -0.4 is 21.9 Å². The molecule has 0 spiro atoms. The van der Waals surface area contributed by atoms with Crippen LogP contribution in [-0.2, 0) is 0 Å². The number of hydrogen-bond donors (Lipinski definition) is 5. The molecule has 0 aliphatic heterocycles. The number of hydrogen-bond acceptors (Lipinski definition) is 5. The van der Waals surface area contributed by atoms with Crippen molar-refractivity contribution in [1.29, 1.82) is 5.41 Å². The second-order valence-corrected chi connectivity index (χ2v) is 7.43. The van der Waals surface area contributed by atoms with Gasteiger partial charge in [-0.05, 0) is 54.6 Å². The zero-order chi connectivity index (χ0) is 27.4. The second kappa shape index (κ2) is 10.7. The molecule has 0 bridgehead atoms. The van der Waals surface area contributed by atoms with Gasteiger partial charge in [-0.25, -0.2) is 17.6 Å². The summed E-state index contributed by atoms with van der Waals surface area (Å²) >= 11 is 0. The number of nitrogens with zero attached hydrogens (tertiary/aromatic N) is 1. The van der Waals surface area contributed by atoms with Gasteiger partial charge in [0.25, 0.3) is 5.91 Å². The van der Waals surface area contributed by atoms with E-state index < -0.39 is 47.0 Å². The zero-order valence-electron chi connectivity index (χ0n) is 18.9. The molecule has 14 heteroatoms. The van der Waals surface area contributed by atoms with Crippen molar-refractivity contribution in [1.82, 2.24) is 16.2 Å². The Labute approximate surface area is 210 Å². The molecule has 0 aliphatic rings.